The normalized spacial score (nSPS) is 14.0. The Hall–Kier alpha value is -3.48. The molecule has 0 saturated carbocycles. The maximum Gasteiger partial charge on any atom is 0.159 e. The molecule has 0 spiro atoms. The van der Waals surface area contributed by atoms with Crippen molar-refractivity contribution in [3.05, 3.63) is 59.9 Å². The van der Waals surface area contributed by atoms with Crippen molar-refractivity contribution in [3.8, 4) is 5.75 Å². The van der Waals surface area contributed by atoms with Gasteiger partial charge in [-0.3, -0.25) is 0 Å². The van der Waals surface area contributed by atoms with Crippen molar-refractivity contribution < 1.29 is 4.74 Å². The second-order valence-corrected chi connectivity index (χ2v) is 7.58. The third kappa shape index (κ3) is 4.10. The molecule has 1 aliphatic heterocycles. The van der Waals surface area contributed by atoms with Crippen LogP contribution in [0.3, 0.4) is 0 Å². The van der Waals surface area contributed by atoms with Gasteiger partial charge in [-0.15, -0.1) is 0 Å². The van der Waals surface area contributed by atoms with Gasteiger partial charge in [0, 0.05) is 37.6 Å². The molecule has 3 N–H and O–H groups in total. The number of hydrogen-bond acceptors (Lipinski definition) is 7. The summed E-state index contributed by atoms with van der Waals surface area (Å²) in [6.07, 6.45) is 1.58. The molecule has 7 nitrogen and oxygen atoms in total. The number of nitrogens with zero attached hydrogens (tertiary/aromatic N) is 4. The summed E-state index contributed by atoms with van der Waals surface area (Å²) in [6.45, 7) is 7.62. The second kappa shape index (κ2) is 8.49. The number of nitrogen functional groups attached to an aromatic ring is 1. The predicted octanol–water partition coefficient (Wildman–Crippen LogP) is 3.75. The molecule has 1 aromatic heterocycles. The molecule has 4 rings (SSSR count). The van der Waals surface area contributed by atoms with Crippen LogP contribution in [-0.4, -0.2) is 43.3 Å². The van der Waals surface area contributed by atoms with Gasteiger partial charge in [0.05, 0.1) is 7.11 Å². The third-order valence-corrected chi connectivity index (χ3v) is 5.53. The molecule has 1 aliphatic rings. The van der Waals surface area contributed by atoms with Crippen molar-refractivity contribution in [2.75, 3.05) is 54.1 Å². The van der Waals surface area contributed by atoms with E-state index in [2.05, 4.69) is 69.3 Å². The molecule has 2 aromatic carbocycles. The van der Waals surface area contributed by atoms with Gasteiger partial charge in [-0.2, -0.15) is 0 Å². The summed E-state index contributed by atoms with van der Waals surface area (Å²) < 4.78 is 5.25. The zero-order valence-electron chi connectivity index (χ0n) is 17.7. The van der Waals surface area contributed by atoms with Gasteiger partial charge in [0.25, 0.3) is 0 Å². The minimum Gasteiger partial charge on any atom is -0.497 e. The fraction of sp³-hybridized carbons (Fsp3) is 0.304. The molecule has 0 bridgehead atoms. The highest BCUT2D eigenvalue weighted by atomic mass is 16.5. The monoisotopic (exact) mass is 404 g/mol. The first-order valence-corrected chi connectivity index (χ1v) is 10.1. The smallest absolute Gasteiger partial charge is 0.159 e. The zero-order valence-corrected chi connectivity index (χ0v) is 17.7. The summed E-state index contributed by atoms with van der Waals surface area (Å²) in [5, 5.41) is 3.38. The van der Waals surface area contributed by atoms with Crippen LogP contribution in [0.25, 0.3) is 0 Å². The van der Waals surface area contributed by atoms with Crippen molar-refractivity contribution in [1.82, 2.24) is 9.97 Å². The van der Waals surface area contributed by atoms with Crippen molar-refractivity contribution in [3.63, 3.8) is 0 Å². The van der Waals surface area contributed by atoms with E-state index in [1.54, 1.807) is 13.4 Å². The Bertz CT molecular complexity index is 1010. The highest BCUT2D eigenvalue weighted by molar-refractivity contribution is 5.79. The Morgan fingerprint density at radius 3 is 2.33 bits per heavy atom. The molecule has 0 aliphatic carbocycles. The number of aryl methyl sites for hydroxylation is 2. The van der Waals surface area contributed by atoms with Crippen molar-refractivity contribution in [2.24, 2.45) is 0 Å². The van der Waals surface area contributed by atoms with E-state index in [9.17, 15) is 0 Å². The van der Waals surface area contributed by atoms with Crippen LogP contribution in [0.2, 0.25) is 0 Å². The Morgan fingerprint density at radius 1 is 0.933 bits per heavy atom. The minimum atomic E-state index is 0.580. The lowest BCUT2D eigenvalue weighted by Crippen LogP contribution is -2.47. The Morgan fingerprint density at radius 2 is 1.63 bits per heavy atom. The summed E-state index contributed by atoms with van der Waals surface area (Å²) in [4.78, 5) is 13.5. The first-order chi connectivity index (χ1) is 14.5. The van der Waals surface area contributed by atoms with E-state index in [4.69, 9.17) is 10.5 Å². The summed E-state index contributed by atoms with van der Waals surface area (Å²) in [7, 11) is 1.68. The van der Waals surface area contributed by atoms with E-state index in [-0.39, 0.29) is 0 Å². The van der Waals surface area contributed by atoms with Gasteiger partial charge in [0.1, 0.15) is 17.8 Å². The summed E-state index contributed by atoms with van der Waals surface area (Å²) in [5.41, 5.74) is 11.6. The lowest BCUT2D eigenvalue weighted by atomic mass is 10.1. The van der Waals surface area contributed by atoms with Crippen molar-refractivity contribution in [2.45, 2.75) is 13.8 Å². The van der Waals surface area contributed by atoms with Gasteiger partial charge in [0.2, 0.25) is 0 Å². The minimum absolute atomic E-state index is 0.580. The van der Waals surface area contributed by atoms with Crippen LogP contribution in [0.1, 0.15) is 11.1 Å². The molecule has 2 heterocycles. The maximum atomic E-state index is 6.47. The largest absolute Gasteiger partial charge is 0.497 e. The Kier molecular flexibility index (Phi) is 5.61. The Balaban J connectivity index is 1.47. The van der Waals surface area contributed by atoms with Crippen LogP contribution >= 0.6 is 0 Å². The number of ether oxygens (including phenoxy) is 1. The second-order valence-electron chi connectivity index (χ2n) is 7.58. The van der Waals surface area contributed by atoms with Gasteiger partial charge < -0.3 is 25.6 Å². The quantitative estimate of drug-likeness (QED) is 0.670. The van der Waals surface area contributed by atoms with Crippen LogP contribution in [0, 0.1) is 13.8 Å². The molecule has 3 aromatic rings. The number of nitrogens with two attached hydrogens (primary N) is 1. The molecule has 7 heteroatoms. The first kappa shape index (κ1) is 19.8. The number of hydrogen-bond donors (Lipinski definition) is 2. The highest BCUT2D eigenvalue weighted by Gasteiger charge is 2.21. The number of anilines is 5. The van der Waals surface area contributed by atoms with Crippen LogP contribution in [0.15, 0.2) is 48.8 Å². The molecule has 0 atom stereocenters. The topological polar surface area (TPSA) is 79.5 Å². The van der Waals surface area contributed by atoms with Crippen molar-refractivity contribution in [1.29, 1.82) is 0 Å². The Labute approximate surface area is 177 Å². The fourth-order valence-corrected chi connectivity index (χ4v) is 3.71. The van der Waals surface area contributed by atoms with Gasteiger partial charge in [-0.05, 0) is 55.3 Å². The van der Waals surface area contributed by atoms with E-state index in [1.165, 1.54) is 11.3 Å². The van der Waals surface area contributed by atoms with Crippen molar-refractivity contribution >= 4 is 28.7 Å². The average Bonchev–Trinajstić information content (AvgIpc) is 2.78. The summed E-state index contributed by atoms with van der Waals surface area (Å²) in [5.74, 6) is 2.30. The van der Waals surface area contributed by atoms with E-state index >= 15 is 0 Å². The van der Waals surface area contributed by atoms with Gasteiger partial charge >= 0.3 is 0 Å². The number of rotatable bonds is 5. The van der Waals surface area contributed by atoms with Gasteiger partial charge in [-0.25, -0.2) is 9.97 Å². The van der Waals surface area contributed by atoms with Gasteiger partial charge in [-0.1, -0.05) is 12.1 Å². The number of nitrogens with one attached hydrogen (secondary N) is 1. The number of methoxy groups -OCH3 is 1. The molecule has 1 saturated heterocycles. The van der Waals surface area contributed by atoms with Crippen LogP contribution in [0.5, 0.6) is 5.75 Å². The van der Waals surface area contributed by atoms with E-state index in [0.29, 0.717) is 11.5 Å². The maximum absolute atomic E-state index is 6.47. The zero-order chi connectivity index (χ0) is 21.1. The van der Waals surface area contributed by atoms with E-state index in [0.717, 1.165) is 49.0 Å². The standard InChI is InChI=1S/C23H28N6O/c1-16-4-5-17(2)20(14-16)27-22-21(24)23(26-15-25-22)29-12-10-28(11-13-29)18-6-8-19(30-3)9-7-18/h4-9,14-15H,10-13,24H2,1-3H3,(H,25,26,27). The molecule has 0 radical (unpaired) electrons. The highest BCUT2D eigenvalue weighted by Crippen LogP contribution is 2.31. The number of aromatic nitrogens is 2. The van der Waals surface area contributed by atoms with Gasteiger partial charge in [0.15, 0.2) is 11.6 Å². The van der Waals surface area contributed by atoms with E-state index in [1.807, 2.05) is 12.1 Å². The van der Waals surface area contributed by atoms with E-state index < -0.39 is 0 Å². The van der Waals surface area contributed by atoms with Crippen LogP contribution < -0.4 is 25.6 Å². The molecular formula is C23H28N6O. The third-order valence-electron chi connectivity index (χ3n) is 5.53. The number of benzene rings is 2. The molecule has 0 amide bonds. The lowest BCUT2D eigenvalue weighted by Gasteiger charge is -2.37. The summed E-state index contributed by atoms with van der Waals surface area (Å²) in [6, 6.07) is 14.5. The molecular weight excluding hydrogens is 376 g/mol. The van der Waals surface area contributed by atoms with Crippen LogP contribution in [0.4, 0.5) is 28.7 Å². The average molecular weight is 405 g/mol. The SMILES string of the molecule is COc1ccc(N2CCN(c3ncnc(Nc4cc(C)ccc4C)c3N)CC2)cc1. The predicted molar refractivity (Wildman–Crippen MR) is 123 cm³/mol. The lowest BCUT2D eigenvalue weighted by molar-refractivity contribution is 0.415. The van der Waals surface area contributed by atoms with Crippen LogP contribution in [-0.2, 0) is 0 Å². The first-order valence-electron chi connectivity index (χ1n) is 10.1. The fourth-order valence-electron chi connectivity index (χ4n) is 3.71. The number of piperazine rings is 1. The summed E-state index contributed by atoms with van der Waals surface area (Å²) >= 11 is 0. The molecule has 156 valence electrons. The molecule has 0 unspecified atom stereocenters. The molecule has 1 fully saturated rings. The molecule has 30 heavy (non-hydrogen) atoms.